The molecule has 92 valence electrons. The van der Waals surface area contributed by atoms with Crippen LogP contribution in [0, 0.1) is 6.92 Å². The molecule has 0 atom stereocenters. The van der Waals surface area contributed by atoms with E-state index in [-0.39, 0.29) is 12.1 Å². The predicted octanol–water partition coefficient (Wildman–Crippen LogP) is 0.237. The topological polar surface area (TPSA) is 75.4 Å². The standard InChI is InChI=1S/C11H15N3O3/c1-8-6-9(15)14(7-10(16)17)11(12-8)13-4-2-3-5-13/h6H,2-5,7H2,1H3,(H,16,17). The SMILES string of the molecule is Cc1cc(=O)n(CC(=O)O)c(N2CCCC2)n1. The number of carbonyl (C=O) groups is 1. The molecule has 6 nitrogen and oxygen atoms in total. The van der Waals surface area contributed by atoms with Gasteiger partial charge in [-0.15, -0.1) is 0 Å². The van der Waals surface area contributed by atoms with Crippen LogP contribution >= 0.6 is 0 Å². The quantitative estimate of drug-likeness (QED) is 0.814. The van der Waals surface area contributed by atoms with Crippen LogP contribution in [0.15, 0.2) is 10.9 Å². The Kier molecular flexibility index (Phi) is 3.12. The van der Waals surface area contributed by atoms with Crippen molar-refractivity contribution >= 4 is 11.9 Å². The molecule has 0 aromatic carbocycles. The summed E-state index contributed by atoms with van der Waals surface area (Å²) in [6, 6.07) is 1.36. The maximum atomic E-state index is 11.8. The third-order valence-electron chi connectivity index (χ3n) is 2.80. The molecule has 6 heteroatoms. The predicted molar refractivity (Wildman–Crippen MR) is 62.3 cm³/mol. The molecule has 0 unspecified atom stereocenters. The van der Waals surface area contributed by atoms with Crippen molar-refractivity contribution in [1.82, 2.24) is 9.55 Å². The van der Waals surface area contributed by atoms with Crippen molar-refractivity contribution in [2.45, 2.75) is 26.3 Å². The van der Waals surface area contributed by atoms with Gasteiger partial charge in [-0.1, -0.05) is 0 Å². The molecule has 0 saturated carbocycles. The van der Waals surface area contributed by atoms with E-state index in [9.17, 15) is 9.59 Å². The van der Waals surface area contributed by atoms with Gasteiger partial charge in [-0.3, -0.25) is 14.2 Å². The minimum absolute atomic E-state index is 0.304. The van der Waals surface area contributed by atoms with E-state index in [2.05, 4.69) is 4.98 Å². The molecule has 17 heavy (non-hydrogen) atoms. The normalized spacial score (nSPS) is 15.2. The van der Waals surface area contributed by atoms with E-state index >= 15 is 0 Å². The summed E-state index contributed by atoms with van der Waals surface area (Å²) >= 11 is 0. The van der Waals surface area contributed by atoms with Gasteiger partial charge in [0.2, 0.25) is 5.95 Å². The second kappa shape index (κ2) is 4.57. The number of carboxylic acids is 1. The largest absolute Gasteiger partial charge is 0.480 e. The van der Waals surface area contributed by atoms with E-state index in [1.54, 1.807) is 6.92 Å². The number of aryl methyl sites for hydroxylation is 1. The van der Waals surface area contributed by atoms with E-state index in [0.29, 0.717) is 11.6 Å². The Morgan fingerprint density at radius 3 is 2.71 bits per heavy atom. The smallest absolute Gasteiger partial charge is 0.323 e. The van der Waals surface area contributed by atoms with Gasteiger partial charge in [0.1, 0.15) is 6.54 Å². The second-order valence-corrected chi connectivity index (χ2v) is 4.21. The number of hydrogen-bond acceptors (Lipinski definition) is 4. The third-order valence-corrected chi connectivity index (χ3v) is 2.80. The van der Waals surface area contributed by atoms with Crippen LogP contribution in [0.5, 0.6) is 0 Å². The van der Waals surface area contributed by atoms with Crippen molar-refractivity contribution in [2.75, 3.05) is 18.0 Å². The molecule has 0 bridgehead atoms. The summed E-state index contributed by atoms with van der Waals surface area (Å²) in [5.74, 6) is -0.548. The Morgan fingerprint density at radius 1 is 1.47 bits per heavy atom. The minimum Gasteiger partial charge on any atom is -0.480 e. The first-order valence-corrected chi connectivity index (χ1v) is 5.63. The summed E-state index contributed by atoms with van der Waals surface area (Å²) in [7, 11) is 0. The van der Waals surface area contributed by atoms with Crippen LogP contribution in [-0.4, -0.2) is 33.7 Å². The monoisotopic (exact) mass is 237 g/mol. The number of aromatic nitrogens is 2. The molecule has 2 heterocycles. The van der Waals surface area contributed by atoms with Crippen LogP contribution in [0.2, 0.25) is 0 Å². The molecule has 1 saturated heterocycles. The Hall–Kier alpha value is -1.85. The van der Waals surface area contributed by atoms with Gasteiger partial charge >= 0.3 is 5.97 Å². The fourth-order valence-electron chi connectivity index (χ4n) is 2.05. The molecule has 0 aliphatic carbocycles. The van der Waals surface area contributed by atoms with Crippen molar-refractivity contribution in [3.05, 3.63) is 22.1 Å². The van der Waals surface area contributed by atoms with Gasteiger partial charge in [0.05, 0.1) is 0 Å². The van der Waals surface area contributed by atoms with Crippen LogP contribution in [0.4, 0.5) is 5.95 Å². The Labute approximate surface area is 98.5 Å². The molecule has 0 amide bonds. The number of aliphatic carboxylic acids is 1. The van der Waals surface area contributed by atoms with Gasteiger partial charge in [-0.2, -0.15) is 0 Å². The van der Waals surface area contributed by atoms with E-state index < -0.39 is 5.97 Å². The van der Waals surface area contributed by atoms with Crippen LogP contribution < -0.4 is 10.5 Å². The summed E-state index contributed by atoms with van der Waals surface area (Å²) in [6.45, 7) is 3.06. The number of anilines is 1. The van der Waals surface area contributed by atoms with Crippen molar-refractivity contribution in [3.63, 3.8) is 0 Å². The zero-order valence-corrected chi connectivity index (χ0v) is 9.72. The first kappa shape index (κ1) is 11.6. The molecular weight excluding hydrogens is 222 g/mol. The lowest BCUT2D eigenvalue weighted by Crippen LogP contribution is -2.33. The fourth-order valence-corrected chi connectivity index (χ4v) is 2.05. The van der Waals surface area contributed by atoms with Crippen LogP contribution in [-0.2, 0) is 11.3 Å². The fraction of sp³-hybridized carbons (Fsp3) is 0.545. The van der Waals surface area contributed by atoms with Crippen LogP contribution in [0.1, 0.15) is 18.5 Å². The van der Waals surface area contributed by atoms with Gasteiger partial charge in [-0.25, -0.2) is 4.98 Å². The van der Waals surface area contributed by atoms with Gasteiger partial charge in [0, 0.05) is 24.8 Å². The van der Waals surface area contributed by atoms with Gasteiger partial charge in [0.15, 0.2) is 0 Å². The number of hydrogen-bond donors (Lipinski definition) is 1. The molecule has 1 aromatic heterocycles. The lowest BCUT2D eigenvalue weighted by molar-refractivity contribution is -0.137. The van der Waals surface area contributed by atoms with E-state index in [0.717, 1.165) is 25.9 Å². The van der Waals surface area contributed by atoms with Crippen molar-refractivity contribution in [2.24, 2.45) is 0 Å². The summed E-state index contributed by atoms with van der Waals surface area (Å²) in [5, 5.41) is 8.82. The van der Waals surface area contributed by atoms with Gasteiger partial charge < -0.3 is 10.0 Å². The maximum Gasteiger partial charge on any atom is 0.323 e. The number of nitrogens with zero attached hydrogens (tertiary/aromatic N) is 3. The van der Waals surface area contributed by atoms with E-state index in [1.807, 2.05) is 4.90 Å². The van der Waals surface area contributed by atoms with Crippen LogP contribution in [0.3, 0.4) is 0 Å². The highest BCUT2D eigenvalue weighted by Crippen LogP contribution is 2.16. The molecule has 1 fully saturated rings. The van der Waals surface area contributed by atoms with Crippen LogP contribution in [0.25, 0.3) is 0 Å². The number of rotatable bonds is 3. The zero-order chi connectivity index (χ0) is 12.4. The molecule has 2 rings (SSSR count). The summed E-state index contributed by atoms with van der Waals surface area (Å²) < 4.78 is 1.22. The summed E-state index contributed by atoms with van der Waals surface area (Å²) in [4.78, 5) is 28.8. The molecule has 1 aliphatic heterocycles. The molecule has 1 aromatic rings. The lowest BCUT2D eigenvalue weighted by Gasteiger charge is -2.20. The molecule has 0 radical (unpaired) electrons. The van der Waals surface area contributed by atoms with E-state index in [1.165, 1.54) is 10.6 Å². The summed E-state index contributed by atoms with van der Waals surface area (Å²) in [5.41, 5.74) is 0.320. The molecule has 1 aliphatic rings. The highest BCUT2D eigenvalue weighted by Gasteiger charge is 2.19. The Bertz CT molecular complexity index is 489. The van der Waals surface area contributed by atoms with E-state index in [4.69, 9.17) is 5.11 Å². The maximum absolute atomic E-state index is 11.8. The molecule has 1 N–H and O–H groups in total. The first-order valence-electron chi connectivity index (χ1n) is 5.63. The summed E-state index contributed by atoms with van der Waals surface area (Å²) in [6.07, 6.45) is 2.10. The van der Waals surface area contributed by atoms with Gasteiger partial charge in [-0.05, 0) is 19.8 Å². The molecular formula is C11H15N3O3. The van der Waals surface area contributed by atoms with Crippen molar-refractivity contribution < 1.29 is 9.90 Å². The zero-order valence-electron chi connectivity index (χ0n) is 9.72. The Balaban J connectivity index is 2.46. The minimum atomic E-state index is -1.03. The highest BCUT2D eigenvalue weighted by atomic mass is 16.4. The first-order chi connectivity index (χ1) is 8.08. The second-order valence-electron chi connectivity index (χ2n) is 4.21. The number of carboxylic acid groups (broad SMARTS) is 1. The van der Waals surface area contributed by atoms with Gasteiger partial charge in [0.25, 0.3) is 5.56 Å². The van der Waals surface area contributed by atoms with Crippen molar-refractivity contribution in [3.8, 4) is 0 Å². The van der Waals surface area contributed by atoms with Crippen molar-refractivity contribution in [1.29, 1.82) is 0 Å². The average molecular weight is 237 g/mol. The lowest BCUT2D eigenvalue weighted by atomic mass is 10.4. The molecule has 0 spiro atoms. The average Bonchev–Trinajstić information content (AvgIpc) is 2.74. The Morgan fingerprint density at radius 2 is 2.12 bits per heavy atom. The third kappa shape index (κ3) is 2.46. The highest BCUT2D eigenvalue weighted by molar-refractivity contribution is 5.67.